The second kappa shape index (κ2) is 10.5. The van der Waals surface area contributed by atoms with E-state index < -0.39 is 63.9 Å². The molecule has 5 rings (SSSR count). The topological polar surface area (TPSA) is 183 Å². The number of Topliss-reactive ketones (excluding diaryl/α,β-unsaturated/α-hetero) is 2. The van der Waals surface area contributed by atoms with Gasteiger partial charge in [-0.05, 0) is 45.3 Å². The van der Waals surface area contributed by atoms with Crippen LogP contribution < -0.4 is 15.8 Å². The van der Waals surface area contributed by atoms with E-state index in [1.807, 2.05) is 4.90 Å². The highest BCUT2D eigenvalue weighted by molar-refractivity contribution is 6.24. The summed E-state index contributed by atoms with van der Waals surface area (Å²) in [5, 5.41) is 37.0. The van der Waals surface area contributed by atoms with Gasteiger partial charge in [0.15, 0.2) is 11.4 Å². The van der Waals surface area contributed by atoms with E-state index in [-0.39, 0.29) is 53.8 Å². The fourth-order valence-corrected chi connectivity index (χ4v) is 7.23. The predicted molar refractivity (Wildman–Crippen MR) is 147 cm³/mol. The van der Waals surface area contributed by atoms with Crippen molar-refractivity contribution in [2.75, 3.05) is 34.3 Å². The molecule has 2 amide bonds. The van der Waals surface area contributed by atoms with Gasteiger partial charge in [0.25, 0.3) is 5.91 Å². The third kappa shape index (κ3) is 4.38. The Morgan fingerprint density at radius 1 is 1.29 bits per heavy atom. The van der Waals surface area contributed by atoms with Gasteiger partial charge in [0.1, 0.15) is 28.7 Å². The maximum Gasteiger partial charge on any atom is 0.255 e. The Balaban J connectivity index is 1.59. The first-order valence-electron chi connectivity index (χ1n) is 13.7. The summed E-state index contributed by atoms with van der Waals surface area (Å²) in [4.78, 5) is 54.2. The second-order valence-corrected chi connectivity index (χ2v) is 11.8. The molecule has 0 unspecified atom stereocenters. The molecule has 1 heterocycles. The average molecular weight is 587 g/mol. The summed E-state index contributed by atoms with van der Waals surface area (Å²) in [5.41, 5.74) is 1.94. The lowest BCUT2D eigenvalue weighted by atomic mass is 9.57. The molecule has 0 aromatic heterocycles. The first-order chi connectivity index (χ1) is 19.7. The molecule has 1 aromatic rings. The summed E-state index contributed by atoms with van der Waals surface area (Å²) in [6, 6.07) is 0.209. The average Bonchev–Trinajstić information content (AvgIpc) is 3.33. The van der Waals surface area contributed by atoms with Crippen molar-refractivity contribution in [3.63, 3.8) is 0 Å². The molecule has 4 aliphatic rings. The van der Waals surface area contributed by atoms with Crippen LogP contribution in [0.5, 0.6) is 5.75 Å². The normalized spacial score (nSPS) is 29.4. The number of hydrogen-bond acceptors (Lipinski definition) is 10. The maximum atomic E-state index is 16.2. The summed E-state index contributed by atoms with van der Waals surface area (Å²) in [6.45, 7) is 2.84. The van der Waals surface area contributed by atoms with Gasteiger partial charge in [0, 0.05) is 55.2 Å². The van der Waals surface area contributed by atoms with Crippen molar-refractivity contribution in [3.8, 4) is 5.75 Å². The predicted octanol–water partition coefficient (Wildman–Crippen LogP) is 0.117. The number of primary amides is 1. The molecule has 226 valence electrons. The number of benzene rings is 1. The third-order valence-electron chi connectivity index (χ3n) is 9.01. The Labute approximate surface area is 241 Å². The van der Waals surface area contributed by atoms with Gasteiger partial charge in [0.05, 0.1) is 18.7 Å². The molecular weight excluding hydrogens is 551 g/mol. The van der Waals surface area contributed by atoms with Crippen LogP contribution in [0, 0.1) is 17.7 Å². The number of aliphatic hydroxyl groups is 3. The van der Waals surface area contributed by atoms with E-state index in [0.717, 1.165) is 6.42 Å². The fourth-order valence-electron chi connectivity index (χ4n) is 7.23. The quantitative estimate of drug-likeness (QED) is 0.287. The lowest BCUT2D eigenvalue weighted by molar-refractivity contribution is -0.153. The van der Waals surface area contributed by atoms with Crippen molar-refractivity contribution in [1.29, 1.82) is 0 Å². The minimum atomic E-state index is -2.71. The first kappa shape index (κ1) is 29.7. The van der Waals surface area contributed by atoms with E-state index in [2.05, 4.69) is 5.32 Å². The van der Waals surface area contributed by atoms with E-state index in [9.17, 15) is 34.5 Å². The van der Waals surface area contributed by atoms with Gasteiger partial charge in [-0.1, -0.05) is 0 Å². The van der Waals surface area contributed by atoms with Crippen LogP contribution in [-0.2, 0) is 32.1 Å². The van der Waals surface area contributed by atoms with Crippen molar-refractivity contribution in [1.82, 2.24) is 15.1 Å². The molecule has 1 saturated carbocycles. The molecule has 1 saturated heterocycles. The van der Waals surface area contributed by atoms with Crippen LogP contribution >= 0.6 is 0 Å². The number of likely N-dealkylation sites (tertiary alicyclic amines) is 1. The standard InChI is InChI=1S/C29H35FN4O8/c1-12(35)32-15-5-6-34(11-15)10-14-9-18(42-4)20-16(22(14)30)7-13-8-17-23(33(2)3)25(37)21(28(31)40)27(39)29(17,41)26(38)19(13)24(20)36/h9,13,15,17,23,36,39,41H,5-8,10-11H2,1-4H3,(H2,31,40)(H,32,35)/t13-,15-,17-,23-,29-/m0/s1. The zero-order chi connectivity index (χ0) is 30.8. The summed E-state index contributed by atoms with van der Waals surface area (Å²) in [5.74, 6) is -7.57. The largest absolute Gasteiger partial charge is 0.508 e. The molecule has 13 heteroatoms. The number of likely N-dealkylation sites (N-methyl/N-ethyl adjacent to an activating group) is 1. The van der Waals surface area contributed by atoms with E-state index >= 15 is 4.39 Å². The zero-order valence-electron chi connectivity index (χ0n) is 23.9. The maximum absolute atomic E-state index is 16.2. The molecule has 1 aliphatic heterocycles. The molecule has 5 atom stereocenters. The van der Waals surface area contributed by atoms with Crippen molar-refractivity contribution < 1.29 is 43.6 Å². The number of hydrogen-bond donors (Lipinski definition) is 5. The number of methoxy groups -OCH3 is 1. The highest BCUT2D eigenvalue weighted by atomic mass is 19.1. The lowest BCUT2D eigenvalue weighted by Gasteiger charge is -2.50. The number of amides is 2. The van der Waals surface area contributed by atoms with Gasteiger partial charge in [-0.2, -0.15) is 0 Å². The molecule has 0 radical (unpaired) electrons. The Hall–Kier alpha value is -3.81. The highest BCUT2D eigenvalue weighted by Crippen LogP contribution is 2.53. The molecule has 0 bridgehead atoms. The number of rotatable bonds is 6. The van der Waals surface area contributed by atoms with Gasteiger partial charge in [-0.15, -0.1) is 0 Å². The van der Waals surface area contributed by atoms with E-state index in [1.54, 1.807) is 0 Å². The van der Waals surface area contributed by atoms with E-state index in [0.29, 0.717) is 18.7 Å². The Morgan fingerprint density at radius 2 is 1.98 bits per heavy atom. The zero-order valence-corrected chi connectivity index (χ0v) is 23.9. The van der Waals surface area contributed by atoms with E-state index in [4.69, 9.17) is 10.5 Å². The monoisotopic (exact) mass is 586 g/mol. The Bertz CT molecular complexity index is 1470. The number of halogens is 1. The SMILES string of the molecule is COc1cc(CN2CC[C@H](NC(C)=O)C2)c(F)c2c1C(O)=C1C(=O)[C@]3(O)C(O)=C(C(N)=O)C(=O)[C@@H](N(C)C)[C@@H]3C[C@@H]1C2. The number of ketones is 2. The molecule has 0 spiro atoms. The van der Waals surface area contributed by atoms with Crippen LogP contribution in [0.2, 0.25) is 0 Å². The van der Waals surface area contributed by atoms with Crippen LogP contribution in [-0.4, -0.2) is 100 Å². The van der Waals surface area contributed by atoms with Gasteiger partial charge in [0.2, 0.25) is 11.7 Å². The van der Waals surface area contributed by atoms with Crippen molar-refractivity contribution in [2.24, 2.45) is 17.6 Å². The van der Waals surface area contributed by atoms with Gasteiger partial charge in [-0.3, -0.25) is 29.0 Å². The Morgan fingerprint density at radius 3 is 2.57 bits per heavy atom. The van der Waals surface area contributed by atoms with Gasteiger partial charge in [-0.25, -0.2) is 4.39 Å². The number of ether oxygens (including phenoxy) is 1. The fraction of sp³-hybridized carbons (Fsp3) is 0.517. The number of carbonyl (C=O) groups is 4. The van der Waals surface area contributed by atoms with Crippen molar-refractivity contribution >= 4 is 29.1 Å². The molecule has 2 fully saturated rings. The summed E-state index contributed by atoms with van der Waals surface area (Å²) < 4.78 is 21.7. The lowest BCUT2D eigenvalue weighted by Crippen LogP contribution is -2.65. The molecule has 1 aromatic carbocycles. The molecule has 42 heavy (non-hydrogen) atoms. The van der Waals surface area contributed by atoms with Crippen LogP contribution in [0.25, 0.3) is 5.76 Å². The summed E-state index contributed by atoms with van der Waals surface area (Å²) in [7, 11) is 4.40. The number of nitrogens with two attached hydrogens (primary N) is 1. The summed E-state index contributed by atoms with van der Waals surface area (Å²) >= 11 is 0. The van der Waals surface area contributed by atoms with Crippen LogP contribution in [0.3, 0.4) is 0 Å². The third-order valence-corrected chi connectivity index (χ3v) is 9.01. The van der Waals surface area contributed by atoms with E-state index in [1.165, 1.54) is 39.1 Å². The number of fused-ring (bicyclic) bond motifs is 3. The minimum Gasteiger partial charge on any atom is -0.508 e. The first-order valence-corrected chi connectivity index (χ1v) is 13.7. The number of aliphatic hydroxyl groups excluding tert-OH is 2. The van der Waals surface area contributed by atoms with Crippen molar-refractivity contribution in [3.05, 3.63) is 45.5 Å². The Kier molecular flexibility index (Phi) is 7.40. The minimum absolute atomic E-state index is 0.0346. The van der Waals surface area contributed by atoms with Crippen LogP contribution in [0.15, 0.2) is 23.0 Å². The van der Waals surface area contributed by atoms with Crippen molar-refractivity contribution in [2.45, 2.75) is 50.4 Å². The second-order valence-electron chi connectivity index (χ2n) is 11.8. The number of nitrogens with one attached hydrogen (secondary N) is 1. The molecule has 3 aliphatic carbocycles. The van der Waals surface area contributed by atoms with Gasteiger partial charge >= 0.3 is 0 Å². The van der Waals surface area contributed by atoms with Crippen LogP contribution in [0.4, 0.5) is 4.39 Å². The molecule has 6 N–H and O–H groups in total. The highest BCUT2D eigenvalue weighted by Gasteiger charge is 2.64. The smallest absolute Gasteiger partial charge is 0.255 e. The number of carbonyl (C=O) groups excluding carboxylic acids is 4. The number of nitrogens with zero attached hydrogens (tertiary/aromatic N) is 2. The summed E-state index contributed by atoms with van der Waals surface area (Å²) in [6.07, 6.45) is 0.594. The van der Waals surface area contributed by atoms with Gasteiger partial charge < -0.3 is 31.1 Å². The molecule has 12 nitrogen and oxygen atoms in total. The molecular formula is C29H35FN4O8. The van der Waals surface area contributed by atoms with Crippen LogP contribution in [0.1, 0.15) is 36.5 Å².